The molecule has 3 rings (SSSR count). The van der Waals surface area contributed by atoms with Gasteiger partial charge in [-0.3, -0.25) is 14.7 Å². The number of nitrogens with one attached hydrogen (secondary N) is 3. The van der Waals surface area contributed by atoms with Crippen molar-refractivity contribution in [3.8, 4) is 0 Å². The number of aromatic nitrogens is 2. The van der Waals surface area contributed by atoms with Crippen LogP contribution in [0.3, 0.4) is 0 Å². The molecule has 0 unspecified atom stereocenters. The fourth-order valence-corrected chi connectivity index (χ4v) is 2.76. The third kappa shape index (κ3) is 3.75. The van der Waals surface area contributed by atoms with Crippen LogP contribution >= 0.6 is 11.6 Å². The number of carbonyl (C=O) groups excluding carboxylic acids is 2. The Morgan fingerprint density at radius 1 is 1.00 bits per heavy atom. The molecule has 26 heavy (non-hydrogen) atoms. The lowest BCUT2D eigenvalue weighted by molar-refractivity contribution is 0.101. The Morgan fingerprint density at radius 3 is 2.38 bits per heavy atom. The van der Waals surface area contributed by atoms with E-state index in [1.807, 2.05) is 25.1 Å². The Labute approximate surface area is 155 Å². The molecule has 0 bridgehead atoms. The van der Waals surface area contributed by atoms with Gasteiger partial charge in [0.15, 0.2) is 5.69 Å². The fourth-order valence-electron chi connectivity index (χ4n) is 2.54. The predicted octanol–water partition coefficient (Wildman–Crippen LogP) is 4.13. The quantitative estimate of drug-likeness (QED) is 0.632. The van der Waals surface area contributed by atoms with E-state index in [9.17, 15) is 9.59 Å². The van der Waals surface area contributed by atoms with Crippen LogP contribution in [0.4, 0.5) is 11.5 Å². The molecule has 1 heterocycles. The van der Waals surface area contributed by atoms with Crippen molar-refractivity contribution in [2.24, 2.45) is 0 Å². The highest BCUT2D eigenvalue weighted by Gasteiger charge is 2.20. The van der Waals surface area contributed by atoms with Gasteiger partial charge in [0, 0.05) is 11.3 Å². The van der Waals surface area contributed by atoms with Gasteiger partial charge in [-0.2, -0.15) is 5.10 Å². The summed E-state index contributed by atoms with van der Waals surface area (Å²) in [5.74, 6) is -0.331. The van der Waals surface area contributed by atoms with Crippen molar-refractivity contribution < 1.29 is 9.59 Å². The van der Waals surface area contributed by atoms with Crippen molar-refractivity contribution >= 4 is 34.9 Å². The van der Waals surface area contributed by atoms with Crippen LogP contribution in [0.15, 0.2) is 54.6 Å². The smallest absolute Gasteiger partial charge is 0.276 e. The first kappa shape index (κ1) is 17.7. The summed E-state index contributed by atoms with van der Waals surface area (Å²) in [6.07, 6.45) is 0.520. The Bertz CT molecular complexity index is 938. The van der Waals surface area contributed by atoms with Gasteiger partial charge in [-0.15, -0.1) is 0 Å². The maximum atomic E-state index is 12.5. The zero-order valence-electron chi connectivity index (χ0n) is 14.0. The summed E-state index contributed by atoms with van der Waals surface area (Å²) < 4.78 is 0. The largest absolute Gasteiger partial charge is 0.321 e. The number of hydrogen-bond acceptors (Lipinski definition) is 3. The second kappa shape index (κ2) is 7.84. The van der Waals surface area contributed by atoms with Gasteiger partial charge in [0.2, 0.25) is 0 Å². The van der Waals surface area contributed by atoms with Crippen molar-refractivity contribution in [2.75, 3.05) is 10.6 Å². The van der Waals surface area contributed by atoms with E-state index >= 15 is 0 Å². The molecule has 0 radical (unpaired) electrons. The van der Waals surface area contributed by atoms with Crippen molar-refractivity contribution in [3.05, 3.63) is 76.4 Å². The van der Waals surface area contributed by atoms with E-state index in [0.29, 0.717) is 34.1 Å². The first-order chi connectivity index (χ1) is 12.6. The second-order valence-electron chi connectivity index (χ2n) is 5.53. The summed E-state index contributed by atoms with van der Waals surface area (Å²) in [6, 6.07) is 15.8. The highest BCUT2D eigenvalue weighted by atomic mass is 35.5. The number of amides is 2. The van der Waals surface area contributed by atoms with E-state index in [4.69, 9.17) is 11.6 Å². The third-order valence-corrected chi connectivity index (χ3v) is 4.15. The Balaban J connectivity index is 1.81. The number of nitrogens with zero attached hydrogens (tertiary/aromatic N) is 1. The number of H-pyrrole nitrogens is 1. The number of anilines is 2. The number of aromatic amines is 1. The lowest BCUT2D eigenvalue weighted by Gasteiger charge is -2.07. The van der Waals surface area contributed by atoms with Gasteiger partial charge in [-0.05, 0) is 30.7 Å². The lowest BCUT2D eigenvalue weighted by Crippen LogP contribution is -2.16. The summed E-state index contributed by atoms with van der Waals surface area (Å²) in [5.41, 5.74) is 1.88. The number of benzene rings is 2. The van der Waals surface area contributed by atoms with Crippen LogP contribution in [0, 0.1) is 0 Å². The van der Waals surface area contributed by atoms with Crippen molar-refractivity contribution in [2.45, 2.75) is 13.3 Å². The number of carbonyl (C=O) groups is 2. The van der Waals surface area contributed by atoms with Crippen LogP contribution in [0.25, 0.3) is 0 Å². The topological polar surface area (TPSA) is 86.9 Å². The van der Waals surface area contributed by atoms with Crippen LogP contribution in [0.2, 0.25) is 5.02 Å². The van der Waals surface area contributed by atoms with Crippen LogP contribution in [-0.2, 0) is 6.42 Å². The molecule has 132 valence electrons. The number of rotatable bonds is 5. The molecule has 0 saturated heterocycles. The lowest BCUT2D eigenvalue weighted by atomic mass is 10.1. The van der Waals surface area contributed by atoms with E-state index < -0.39 is 0 Å². The predicted molar refractivity (Wildman–Crippen MR) is 102 cm³/mol. The molecule has 1 aromatic heterocycles. The first-order valence-corrected chi connectivity index (χ1v) is 8.47. The Morgan fingerprint density at radius 2 is 1.69 bits per heavy atom. The molecule has 0 saturated carbocycles. The summed E-state index contributed by atoms with van der Waals surface area (Å²) >= 11 is 6.05. The maximum absolute atomic E-state index is 12.5. The molecule has 0 atom stereocenters. The number of para-hydroxylation sites is 1. The summed E-state index contributed by atoms with van der Waals surface area (Å²) in [6.45, 7) is 1.88. The van der Waals surface area contributed by atoms with Crippen LogP contribution in [-0.4, -0.2) is 22.0 Å². The Hall–Kier alpha value is -3.12. The standard InChI is InChI=1S/C19H17ClN4O2/c1-2-13-16(19(26)21-12-8-4-3-5-9-12)23-24-17(13)22-18(25)14-10-6-7-11-15(14)20/h3-11H,2H2,1H3,(H,21,26)(H2,22,23,24,25). The van der Waals surface area contributed by atoms with Crippen molar-refractivity contribution in [3.63, 3.8) is 0 Å². The highest BCUT2D eigenvalue weighted by molar-refractivity contribution is 6.34. The van der Waals surface area contributed by atoms with E-state index in [1.165, 1.54) is 0 Å². The van der Waals surface area contributed by atoms with Gasteiger partial charge in [0.1, 0.15) is 5.82 Å². The third-order valence-electron chi connectivity index (χ3n) is 3.82. The molecule has 2 aromatic carbocycles. The molecule has 0 aliphatic carbocycles. The molecule has 0 aliphatic heterocycles. The molecular formula is C19H17ClN4O2. The molecule has 7 heteroatoms. The van der Waals surface area contributed by atoms with Gasteiger partial charge < -0.3 is 10.6 Å². The summed E-state index contributed by atoms with van der Waals surface area (Å²) in [7, 11) is 0. The molecule has 2 amide bonds. The zero-order chi connectivity index (χ0) is 18.5. The number of halogens is 1. The maximum Gasteiger partial charge on any atom is 0.276 e. The second-order valence-corrected chi connectivity index (χ2v) is 5.94. The van der Waals surface area contributed by atoms with Gasteiger partial charge in [0.05, 0.1) is 10.6 Å². The molecule has 0 aliphatic rings. The molecule has 0 fully saturated rings. The molecule has 3 N–H and O–H groups in total. The van der Waals surface area contributed by atoms with Crippen LogP contribution < -0.4 is 10.6 Å². The van der Waals surface area contributed by atoms with E-state index in [1.54, 1.807) is 36.4 Å². The van der Waals surface area contributed by atoms with Gasteiger partial charge >= 0.3 is 0 Å². The van der Waals surface area contributed by atoms with Gasteiger partial charge in [0.25, 0.3) is 11.8 Å². The molecule has 3 aromatic rings. The minimum atomic E-state index is -0.371. The molecule has 0 spiro atoms. The minimum Gasteiger partial charge on any atom is -0.321 e. The normalized spacial score (nSPS) is 10.4. The van der Waals surface area contributed by atoms with Gasteiger partial charge in [-0.1, -0.05) is 48.9 Å². The molecule has 6 nitrogen and oxygen atoms in total. The fraction of sp³-hybridized carbons (Fsp3) is 0.105. The van der Waals surface area contributed by atoms with Gasteiger partial charge in [-0.25, -0.2) is 0 Å². The molecular weight excluding hydrogens is 352 g/mol. The first-order valence-electron chi connectivity index (χ1n) is 8.09. The summed E-state index contributed by atoms with van der Waals surface area (Å²) in [4.78, 5) is 24.9. The summed E-state index contributed by atoms with van der Waals surface area (Å²) in [5, 5.41) is 12.7. The Kier molecular flexibility index (Phi) is 5.34. The van der Waals surface area contributed by atoms with E-state index in [0.717, 1.165) is 0 Å². The number of hydrogen-bond donors (Lipinski definition) is 3. The average Bonchev–Trinajstić information content (AvgIpc) is 3.05. The average molecular weight is 369 g/mol. The van der Waals surface area contributed by atoms with Crippen molar-refractivity contribution in [1.29, 1.82) is 0 Å². The monoisotopic (exact) mass is 368 g/mol. The van der Waals surface area contributed by atoms with Crippen LogP contribution in [0.1, 0.15) is 33.3 Å². The van der Waals surface area contributed by atoms with Crippen molar-refractivity contribution in [1.82, 2.24) is 10.2 Å². The zero-order valence-corrected chi connectivity index (χ0v) is 14.8. The SMILES string of the molecule is CCc1c(C(=O)Nc2ccccc2)n[nH]c1NC(=O)c1ccccc1Cl. The van der Waals surface area contributed by atoms with E-state index in [-0.39, 0.29) is 17.5 Å². The van der Waals surface area contributed by atoms with Crippen LogP contribution in [0.5, 0.6) is 0 Å². The minimum absolute atomic E-state index is 0.241. The highest BCUT2D eigenvalue weighted by Crippen LogP contribution is 2.21. The van der Waals surface area contributed by atoms with E-state index in [2.05, 4.69) is 20.8 Å².